The van der Waals surface area contributed by atoms with Gasteiger partial charge in [0.1, 0.15) is 10.4 Å². The Hall–Kier alpha value is -2.65. The van der Waals surface area contributed by atoms with Gasteiger partial charge in [0.05, 0.1) is 10.5 Å². The summed E-state index contributed by atoms with van der Waals surface area (Å²) in [6, 6.07) is 11.0. The molecule has 4 rings (SSSR count). The van der Waals surface area contributed by atoms with Gasteiger partial charge in [-0.1, -0.05) is 79.6 Å². The van der Waals surface area contributed by atoms with Crippen LogP contribution in [-0.4, -0.2) is 32.2 Å². The molecule has 2 aromatic rings. The van der Waals surface area contributed by atoms with Crippen molar-refractivity contribution in [3.05, 3.63) is 64.6 Å². The number of rotatable bonds is 5. The number of thioether (sulfide) groups is 1. The van der Waals surface area contributed by atoms with Crippen molar-refractivity contribution in [3.8, 4) is 11.1 Å². The molecule has 2 fully saturated rings. The monoisotopic (exact) mass is 505 g/mol. The molecule has 1 unspecified atom stereocenters. The van der Waals surface area contributed by atoms with E-state index in [2.05, 4.69) is 0 Å². The first kappa shape index (κ1) is 24.5. The second kappa shape index (κ2) is 9.92. The molecular formula is C25H22F3NO3S2. The first-order valence-corrected chi connectivity index (χ1v) is 12.1. The second-order valence-corrected chi connectivity index (χ2v) is 10.1. The van der Waals surface area contributed by atoms with E-state index in [9.17, 15) is 27.9 Å². The molecule has 4 nitrogen and oxygen atoms in total. The first-order valence-electron chi connectivity index (χ1n) is 10.9. The van der Waals surface area contributed by atoms with Gasteiger partial charge >= 0.3 is 12.1 Å². The molecule has 1 heterocycles. The fourth-order valence-corrected chi connectivity index (χ4v) is 5.80. The third-order valence-electron chi connectivity index (χ3n) is 6.21. The van der Waals surface area contributed by atoms with Crippen molar-refractivity contribution in [2.45, 2.75) is 44.3 Å². The van der Waals surface area contributed by atoms with E-state index in [4.69, 9.17) is 12.2 Å². The van der Waals surface area contributed by atoms with Gasteiger partial charge in [-0.05, 0) is 53.7 Å². The van der Waals surface area contributed by atoms with Crippen LogP contribution in [0.25, 0.3) is 17.2 Å². The number of thiocarbonyl (C=S) groups is 1. The third kappa shape index (κ3) is 5.20. The SMILES string of the molecule is O=C(O)C(C1CCCCC1)N1C(=O)C(=Cc2ccc(-c3ccc(C(F)(F)F)cc3)cc2)SC1=S. The number of carboxylic acids is 1. The maximum Gasteiger partial charge on any atom is 0.416 e. The lowest BCUT2D eigenvalue weighted by molar-refractivity contribution is -0.147. The number of hydrogen-bond donors (Lipinski definition) is 1. The number of benzene rings is 2. The van der Waals surface area contributed by atoms with Gasteiger partial charge in [0.15, 0.2) is 0 Å². The molecule has 34 heavy (non-hydrogen) atoms. The molecule has 1 saturated heterocycles. The predicted molar refractivity (Wildman–Crippen MR) is 130 cm³/mol. The number of halogens is 3. The summed E-state index contributed by atoms with van der Waals surface area (Å²) in [4.78, 5) is 26.8. The number of nitrogens with zero attached hydrogens (tertiary/aromatic N) is 1. The fraction of sp³-hybridized carbons (Fsp3) is 0.320. The molecule has 1 saturated carbocycles. The Morgan fingerprint density at radius 1 is 1.03 bits per heavy atom. The lowest BCUT2D eigenvalue weighted by atomic mass is 9.83. The minimum atomic E-state index is -4.38. The van der Waals surface area contributed by atoms with Crippen LogP contribution in [0, 0.1) is 5.92 Å². The summed E-state index contributed by atoms with van der Waals surface area (Å²) in [5.74, 6) is -1.55. The number of amides is 1. The lowest BCUT2D eigenvalue weighted by Gasteiger charge is -2.32. The summed E-state index contributed by atoms with van der Waals surface area (Å²) < 4.78 is 38.6. The summed E-state index contributed by atoms with van der Waals surface area (Å²) >= 11 is 6.47. The Balaban J connectivity index is 1.52. The molecule has 1 N–H and O–H groups in total. The second-order valence-electron chi connectivity index (χ2n) is 8.43. The molecule has 1 amide bonds. The quantitative estimate of drug-likeness (QED) is 0.366. The van der Waals surface area contributed by atoms with Crippen molar-refractivity contribution in [1.82, 2.24) is 4.90 Å². The molecule has 9 heteroatoms. The Morgan fingerprint density at radius 3 is 2.12 bits per heavy atom. The average molecular weight is 506 g/mol. The van der Waals surface area contributed by atoms with E-state index in [1.165, 1.54) is 17.0 Å². The largest absolute Gasteiger partial charge is 0.480 e. The van der Waals surface area contributed by atoms with Gasteiger partial charge in [0.25, 0.3) is 5.91 Å². The van der Waals surface area contributed by atoms with E-state index >= 15 is 0 Å². The highest BCUT2D eigenvalue weighted by atomic mass is 32.2. The summed E-state index contributed by atoms with van der Waals surface area (Å²) in [5, 5.41) is 9.85. The molecule has 0 spiro atoms. The van der Waals surface area contributed by atoms with Gasteiger partial charge < -0.3 is 5.11 Å². The first-order chi connectivity index (χ1) is 16.1. The normalized spacial score (nSPS) is 19.6. The highest BCUT2D eigenvalue weighted by molar-refractivity contribution is 8.26. The van der Waals surface area contributed by atoms with Gasteiger partial charge in [-0.25, -0.2) is 4.79 Å². The molecule has 2 aromatic carbocycles. The minimum Gasteiger partial charge on any atom is -0.480 e. The number of carbonyl (C=O) groups excluding carboxylic acids is 1. The summed E-state index contributed by atoms with van der Waals surface area (Å²) in [5.41, 5.74) is 1.38. The molecule has 0 aromatic heterocycles. The van der Waals surface area contributed by atoms with Gasteiger partial charge in [0.2, 0.25) is 0 Å². The maximum absolute atomic E-state index is 13.1. The fourth-order valence-electron chi connectivity index (χ4n) is 4.47. The van der Waals surface area contributed by atoms with Crippen molar-refractivity contribution < 1.29 is 27.9 Å². The standard InChI is InChI=1S/C25H22F3NO3S2/c26-25(27,28)19-12-10-17(11-13-19)16-8-6-15(7-9-16)14-20-22(30)29(24(33)34-20)21(23(31)32)18-4-2-1-3-5-18/h6-14,18,21H,1-5H2,(H,31,32). The van der Waals surface area contributed by atoms with Gasteiger partial charge in [-0.2, -0.15) is 13.2 Å². The predicted octanol–water partition coefficient (Wildman–Crippen LogP) is 6.61. The van der Waals surface area contributed by atoms with E-state index in [0.717, 1.165) is 61.6 Å². The highest BCUT2D eigenvalue weighted by Crippen LogP contribution is 2.39. The smallest absolute Gasteiger partial charge is 0.416 e. The topological polar surface area (TPSA) is 57.6 Å². The van der Waals surface area contributed by atoms with Gasteiger partial charge in [-0.15, -0.1) is 0 Å². The lowest BCUT2D eigenvalue weighted by Crippen LogP contribution is -2.48. The molecule has 1 aliphatic carbocycles. The molecule has 178 valence electrons. The molecular weight excluding hydrogens is 483 g/mol. The number of aliphatic carboxylic acids is 1. The van der Waals surface area contributed by atoms with Crippen molar-refractivity contribution in [3.63, 3.8) is 0 Å². The Kier molecular flexibility index (Phi) is 7.14. The Labute approximate surface area is 204 Å². The van der Waals surface area contributed by atoms with E-state index in [1.54, 1.807) is 30.3 Å². The molecule has 0 radical (unpaired) electrons. The number of alkyl halides is 3. The van der Waals surface area contributed by atoms with Crippen LogP contribution in [0.5, 0.6) is 0 Å². The zero-order valence-electron chi connectivity index (χ0n) is 18.0. The maximum atomic E-state index is 13.1. The molecule has 1 aliphatic heterocycles. The minimum absolute atomic E-state index is 0.115. The van der Waals surface area contributed by atoms with Crippen molar-refractivity contribution in [1.29, 1.82) is 0 Å². The molecule has 1 atom stereocenters. The van der Waals surface area contributed by atoms with E-state index in [1.807, 2.05) is 0 Å². The van der Waals surface area contributed by atoms with Gasteiger partial charge in [-0.3, -0.25) is 9.69 Å². The van der Waals surface area contributed by atoms with Crippen LogP contribution in [0.1, 0.15) is 43.2 Å². The number of hydrogen-bond acceptors (Lipinski definition) is 4. The van der Waals surface area contributed by atoms with Crippen LogP contribution in [-0.2, 0) is 15.8 Å². The zero-order valence-corrected chi connectivity index (χ0v) is 19.7. The van der Waals surface area contributed by atoms with Gasteiger partial charge in [0, 0.05) is 0 Å². The Morgan fingerprint density at radius 2 is 1.59 bits per heavy atom. The summed E-state index contributed by atoms with van der Waals surface area (Å²) in [6.07, 6.45) is 1.77. The van der Waals surface area contributed by atoms with Crippen LogP contribution in [0.15, 0.2) is 53.4 Å². The van der Waals surface area contributed by atoms with Crippen LogP contribution >= 0.6 is 24.0 Å². The van der Waals surface area contributed by atoms with Crippen molar-refractivity contribution in [2.75, 3.05) is 0 Å². The summed E-state index contributed by atoms with van der Waals surface area (Å²) in [7, 11) is 0. The van der Waals surface area contributed by atoms with Crippen LogP contribution in [0.2, 0.25) is 0 Å². The van der Waals surface area contributed by atoms with Crippen LogP contribution in [0.4, 0.5) is 13.2 Å². The van der Waals surface area contributed by atoms with Crippen LogP contribution < -0.4 is 0 Å². The molecule has 2 aliphatic rings. The van der Waals surface area contributed by atoms with E-state index in [-0.39, 0.29) is 10.2 Å². The average Bonchev–Trinajstić information content (AvgIpc) is 3.07. The summed E-state index contributed by atoms with van der Waals surface area (Å²) in [6.45, 7) is 0. The third-order valence-corrected chi connectivity index (χ3v) is 7.54. The number of carboxylic acid groups (broad SMARTS) is 1. The van der Waals surface area contributed by atoms with E-state index in [0.29, 0.717) is 16.0 Å². The zero-order chi connectivity index (χ0) is 24.5. The van der Waals surface area contributed by atoms with E-state index < -0.39 is 29.7 Å². The highest BCUT2D eigenvalue weighted by Gasteiger charge is 2.44. The number of carbonyl (C=O) groups is 2. The van der Waals surface area contributed by atoms with Crippen molar-refractivity contribution >= 4 is 46.3 Å². The Bertz CT molecular complexity index is 1120. The molecule has 0 bridgehead atoms. The van der Waals surface area contributed by atoms with Crippen molar-refractivity contribution in [2.24, 2.45) is 5.92 Å². The van der Waals surface area contributed by atoms with Crippen LogP contribution in [0.3, 0.4) is 0 Å².